The lowest BCUT2D eigenvalue weighted by atomic mass is 9.97. The van der Waals surface area contributed by atoms with Crippen LogP contribution in [0.4, 0.5) is 0 Å². The van der Waals surface area contributed by atoms with Crippen molar-refractivity contribution < 1.29 is 9.59 Å². The van der Waals surface area contributed by atoms with Gasteiger partial charge in [0.2, 0.25) is 11.8 Å². The maximum atomic E-state index is 13.2. The van der Waals surface area contributed by atoms with Gasteiger partial charge in [-0.2, -0.15) is 0 Å². The van der Waals surface area contributed by atoms with Gasteiger partial charge in [-0.1, -0.05) is 65.7 Å². The summed E-state index contributed by atoms with van der Waals surface area (Å²) in [7, 11) is 0. The average molecular weight is 453 g/mol. The predicted octanol–water partition coefficient (Wildman–Crippen LogP) is 5.70. The third kappa shape index (κ3) is 7.52. The van der Waals surface area contributed by atoms with Crippen LogP contribution in [0.3, 0.4) is 0 Å². The first kappa shape index (κ1) is 24.1. The lowest BCUT2D eigenvalue weighted by Gasteiger charge is -2.29. The van der Waals surface area contributed by atoms with E-state index >= 15 is 0 Å². The van der Waals surface area contributed by atoms with E-state index in [4.69, 9.17) is 11.6 Å². The SMILES string of the molecule is CC(C(=O)NCCC1=CCCCC1)N(Cc1ccc(Cl)cc1)C(=O)CCc1ccccc1. The number of carbonyl (C=O) groups excluding carboxylic acids is 2. The molecule has 4 nitrogen and oxygen atoms in total. The van der Waals surface area contributed by atoms with Crippen LogP contribution in [0.5, 0.6) is 0 Å². The van der Waals surface area contributed by atoms with Crippen molar-refractivity contribution in [2.45, 2.75) is 64.5 Å². The number of rotatable bonds is 10. The molecule has 1 N–H and O–H groups in total. The number of hydrogen-bond acceptors (Lipinski definition) is 2. The van der Waals surface area contributed by atoms with Gasteiger partial charge >= 0.3 is 0 Å². The van der Waals surface area contributed by atoms with Gasteiger partial charge in [0.1, 0.15) is 6.04 Å². The van der Waals surface area contributed by atoms with Crippen molar-refractivity contribution in [3.63, 3.8) is 0 Å². The summed E-state index contributed by atoms with van der Waals surface area (Å²) in [5.41, 5.74) is 3.50. The van der Waals surface area contributed by atoms with Gasteiger partial charge in [-0.3, -0.25) is 9.59 Å². The second-order valence-corrected chi connectivity index (χ2v) is 8.90. The van der Waals surface area contributed by atoms with Crippen LogP contribution in [0.15, 0.2) is 66.2 Å². The van der Waals surface area contributed by atoms with E-state index in [0.717, 1.165) is 30.4 Å². The summed E-state index contributed by atoms with van der Waals surface area (Å²) >= 11 is 6.01. The Balaban J connectivity index is 1.62. The van der Waals surface area contributed by atoms with Crippen LogP contribution >= 0.6 is 11.6 Å². The van der Waals surface area contributed by atoms with Crippen LogP contribution in [-0.4, -0.2) is 29.3 Å². The van der Waals surface area contributed by atoms with Crippen LogP contribution in [0.2, 0.25) is 5.02 Å². The summed E-state index contributed by atoms with van der Waals surface area (Å²) in [6, 6.07) is 16.8. The first-order valence-electron chi connectivity index (χ1n) is 11.6. The molecule has 0 saturated carbocycles. The summed E-state index contributed by atoms with van der Waals surface area (Å²) in [4.78, 5) is 27.8. The number of carbonyl (C=O) groups is 2. The normalized spacial score (nSPS) is 14.4. The number of benzene rings is 2. The van der Waals surface area contributed by atoms with Crippen molar-refractivity contribution >= 4 is 23.4 Å². The molecule has 0 aliphatic heterocycles. The summed E-state index contributed by atoms with van der Waals surface area (Å²) in [5, 5.41) is 3.69. The molecule has 5 heteroatoms. The van der Waals surface area contributed by atoms with E-state index in [-0.39, 0.29) is 11.8 Å². The molecule has 2 amide bonds. The topological polar surface area (TPSA) is 49.4 Å². The minimum atomic E-state index is -0.547. The largest absolute Gasteiger partial charge is 0.354 e. The lowest BCUT2D eigenvalue weighted by Crippen LogP contribution is -2.47. The Kier molecular flexibility index (Phi) is 9.36. The number of nitrogens with one attached hydrogen (secondary N) is 1. The van der Waals surface area contributed by atoms with Crippen LogP contribution < -0.4 is 5.32 Å². The molecule has 0 saturated heterocycles. The first-order chi connectivity index (χ1) is 15.5. The Morgan fingerprint density at radius 3 is 2.44 bits per heavy atom. The third-order valence-electron chi connectivity index (χ3n) is 6.03. The van der Waals surface area contributed by atoms with Crippen LogP contribution in [-0.2, 0) is 22.6 Å². The average Bonchev–Trinajstić information content (AvgIpc) is 2.83. The molecule has 1 atom stereocenters. The van der Waals surface area contributed by atoms with E-state index in [1.165, 1.54) is 18.4 Å². The summed E-state index contributed by atoms with van der Waals surface area (Å²) < 4.78 is 0. The van der Waals surface area contributed by atoms with Gasteiger partial charge in [0.15, 0.2) is 0 Å². The highest BCUT2D eigenvalue weighted by atomic mass is 35.5. The van der Waals surface area contributed by atoms with Gasteiger partial charge in [-0.25, -0.2) is 0 Å². The Bertz CT molecular complexity index is 909. The highest BCUT2D eigenvalue weighted by Crippen LogP contribution is 2.20. The fourth-order valence-corrected chi connectivity index (χ4v) is 4.16. The third-order valence-corrected chi connectivity index (χ3v) is 6.29. The van der Waals surface area contributed by atoms with Crippen LogP contribution in [0, 0.1) is 0 Å². The fraction of sp³-hybridized carbons (Fsp3) is 0.407. The number of nitrogens with zero attached hydrogens (tertiary/aromatic N) is 1. The maximum Gasteiger partial charge on any atom is 0.242 e. The number of aryl methyl sites for hydroxylation is 1. The van der Waals surface area contributed by atoms with Crippen molar-refractivity contribution in [1.82, 2.24) is 10.2 Å². The molecular weight excluding hydrogens is 420 g/mol. The minimum Gasteiger partial charge on any atom is -0.354 e. The molecule has 0 aromatic heterocycles. The fourth-order valence-electron chi connectivity index (χ4n) is 4.03. The minimum absolute atomic E-state index is 0.0264. The van der Waals surface area contributed by atoms with Crippen molar-refractivity contribution in [1.29, 1.82) is 0 Å². The quantitative estimate of drug-likeness (QED) is 0.470. The zero-order valence-corrected chi connectivity index (χ0v) is 19.6. The van der Waals surface area contributed by atoms with E-state index in [1.807, 2.05) is 61.5 Å². The van der Waals surface area contributed by atoms with Gasteiger partial charge in [0.05, 0.1) is 0 Å². The molecule has 0 fully saturated rings. The zero-order valence-electron chi connectivity index (χ0n) is 18.9. The molecule has 32 heavy (non-hydrogen) atoms. The molecule has 3 rings (SSSR count). The summed E-state index contributed by atoms with van der Waals surface area (Å²) in [6.45, 7) is 2.80. The monoisotopic (exact) mass is 452 g/mol. The van der Waals surface area contributed by atoms with Gasteiger partial charge < -0.3 is 10.2 Å². The highest BCUT2D eigenvalue weighted by Gasteiger charge is 2.25. The second kappa shape index (κ2) is 12.4. The molecule has 1 aliphatic rings. The Hall–Kier alpha value is -2.59. The Morgan fingerprint density at radius 1 is 1.00 bits per heavy atom. The molecule has 1 unspecified atom stereocenters. The molecular formula is C27H33ClN2O2. The van der Waals surface area contributed by atoms with Gasteiger partial charge in [0, 0.05) is 24.5 Å². The Labute approximate surface area is 196 Å². The number of hydrogen-bond donors (Lipinski definition) is 1. The Morgan fingerprint density at radius 2 is 1.75 bits per heavy atom. The van der Waals surface area contributed by atoms with Crippen molar-refractivity contribution in [2.75, 3.05) is 6.54 Å². The molecule has 2 aromatic rings. The number of amides is 2. The molecule has 2 aromatic carbocycles. The zero-order chi connectivity index (χ0) is 22.8. The molecule has 0 spiro atoms. The van der Waals surface area contributed by atoms with E-state index in [2.05, 4.69) is 11.4 Å². The smallest absolute Gasteiger partial charge is 0.242 e. The van der Waals surface area contributed by atoms with Crippen LogP contribution in [0.25, 0.3) is 0 Å². The van der Waals surface area contributed by atoms with E-state index in [0.29, 0.717) is 31.0 Å². The predicted molar refractivity (Wildman–Crippen MR) is 130 cm³/mol. The molecule has 1 aliphatic carbocycles. The number of allylic oxidation sites excluding steroid dienone is 1. The molecule has 0 heterocycles. The van der Waals surface area contributed by atoms with Crippen molar-refractivity contribution in [3.05, 3.63) is 82.4 Å². The van der Waals surface area contributed by atoms with Gasteiger partial charge in [0.25, 0.3) is 0 Å². The molecule has 0 bridgehead atoms. The van der Waals surface area contributed by atoms with Crippen LogP contribution in [0.1, 0.15) is 56.6 Å². The molecule has 170 valence electrons. The summed E-state index contributed by atoms with van der Waals surface area (Å²) in [5.74, 6) is -0.134. The second-order valence-electron chi connectivity index (χ2n) is 8.46. The van der Waals surface area contributed by atoms with Crippen molar-refractivity contribution in [3.8, 4) is 0 Å². The van der Waals surface area contributed by atoms with E-state index < -0.39 is 6.04 Å². The molecule has 0 radical (unpaired) electrons. The first-order valence-corrected chi connectivity index (χ1v) is 11.9. The highest BCUT2D eigenvalue weighted by molar-refractivity contribution is 6.30. The lowest BCUT2D eigenvalue weighted by molar-refractivity contribution is -0.140. The van der Waals surface area contributed by atoms with E-state index in [1.54, 1.807) is 4.90 Å². The van der Waals surface area contributed by atoms with E-state index in [9.17, 15) is 9.59 Å². The van der Waals surface area contributed by atoms with Crippen molar-refractivity contribution in [2.24, 2.45) is 0 Å². The number of halogens is 1. The maximum absolute atomic E-state index is 13.2. The summed E-state index contributed by atoms with van der Waals surface area (Å²) in [6.07, 6.45) is 8.98. The van der Waals surface area contributed by atoms with Gasteiger partial charge in [-0.05, 0) is 68.7 Å². The van der Waals surface area contributed by atoms with Gasteiger partial charge in [-0.15, -0.1) is 0 Å². The standard InChI is InChI=1S/C27H33ClN2O2/c1-21(27(32)29-19-18-23-10-6-3-7-11-23)30(20-24-12-15-25(28)16-13-24)26(31)17-14-22-8-4-2-5-9-22/h2,4-5,8-10,12-13,15-16,21H,3,6-7,11,14,17-20H2,1H3,(H,29,32).